The fraction of sp³-hybridized carbons (Fsp3) is 0.471. The minimum absolute atomic E-state index is 0.0408. The van der Waals surface area contributed by atoms with Crippen LogP contribution in [0.3, 0.4) is 0 Å². The van der Waals surface area contributed by atoms with Gasteiger partial charge in [0.25, 0.3) is 0 Å². The van der Waals surface area contributed by atoms with Gasteiger partial charge in [0.2, 0.25) is 6.79 Å². The lowest BCUT2D eigenvalue weighted by atomic mass is 9.74. The summed E-state index contributed by atoms with van der Waals surface area (Å²) in [7, 11) is 0. The maximum atomic E-state index is 12.5. The molecule has 1 saturated heterocycles. The zero-order chi connectivity index (χ0) is 27.8. The molecule has 6 heteroatoms. The molecule has 0 aliphatic carbocycles. The Balaban J connectivity index is 1.28. The molecule has 2 heterocycles. The van der Waals surface area contributed by atoms with Crippen molar-refractivity contribution in [2.75, 3.05) is 46.1 Å². The predicted molar refractivity (Wildman–Crippen MR) is 159 cm³/mol. The summed E-state index contributed by atoms with van der Waals surface area (Å²) in [6.07, 6.45) is 3.76. The number of aliphatic hydroxyl groups is 1. The van der Waals surface area contributed by atoms with Crippen LogP contribution in [0.5, 0.6) is 17.2 Å². The van der Waals surface area contributed by atoms with E-state index in [0.717, 1.165) is 87.9 Å². The third-order valence-corrected chi connectivity index (χ3v) is 8.28. The maximum Gasteiger partial charge on any atom is 0.231 e. The van der Waals surface area contributed by atoms with E-state index in [1.54, 1.807) is 0 Å². The van der Waals surface area contributed by atoms with Crippen molar-refractivity contribution >= 4 is 0 Å². The van der Waals surface area contributed by atoms with E-state index in [1.165, 1.54) is 11.1 Å². The molecule has 40 heavy (non-hydrogen) atoms. The molecule has 0 bridgehead atoms. The summed E-state index contributed by atoms with van der Waals surface area (Å²) in [4.78, 5) is 5.03. The maximum absolute atomic E-state index is 12.5. The van der Waals surface area contributed by atoms with Crippen molar-refractivity contribution in [3.63, 3.8) is 0 Å². The largest absolute Gasteiger partial charge is 0.494 e. The monoisotopic (exact) mass is 544 g/mol. The van der Waals surface area contributed by atoms with E-state index < -0.39 is 5.60 Å². The quantitative estimate of drug-likeness (QED) is 0.259. The predicted octanol–water partition coefficient (Wildman–Crippen LogP) is 6.18. The molecule has 1 fully saturated rings. The van der Waals surface area contributed by atoms with E-state index in [9.17, 15) is 5.11 Å². The molecule has 214 valence electrons. The third-order valence-electron chi connectivity index (χ3n) is 8.28. The van der Waals surface area contributed by atoms with Crippen LogP contribution in [0.1, 0.15) is 62.1 Å². The standard InChI is InChI=1S/C34H44N2O4/c1-3-5-22-38-30-14-12-29(13-15-30)34(37,17-4-2)31(28-9-7-6-8-10-28)25-36-20-18-35(19-21-36)24-27-11-16-32-33(23-27)40-26-39-32/h6-16,23,31,37H,3-5,17-22,24-26H2,1-2H3. The lowest BCUT2D eigenvalue weighted by Gasteiger charge is -2.42. The van der Waals surface area contributed by atoms with Crippen LogP contribution in [0.25, 0.3) is 0 Å². The van der Waals surface area contributed by atoms with Gasteiger partial charge in [-0.05, 0) is 53.8 Å². The first-order chi connectivity index (χ1) is 19.6. The SMILES string of the molecule is CCCCOc1ccc(C(O)(CCC)C(CN2CCN(Cc3ccc4c(c3)OCO4)CC2)c2ccccc2)cc1. The highest BCUT2D eigenvalue weighted by Gasteiger charge is 2.40. The first kappa shape index (κ1) is 28.5. The Morgan fingerprint density at radius 1 is 0.850 bits per heavy atom. The van der Waals surface area contributed by atoms with Gasteiger partial charge in [0, 0.05) is 45.2 Å². The van der Waals surface area contributed by atoms with E-state index in [4.69, 9.17) is 14.2 Å². The summed E-state index contributed by atoms with van der Waals surface area (Å²) >= 11 is 0. The van der Waals surface area contributed by atoms with Gasteiger partial charge in [-0.2, -0.15) is 0 Å². The number of nitrogens with zero attached hydrogens (tertiary/aromatic N) is 2. The van der Waals surface area contributed by atoms with Gasteiger partial charge in [-0.15, -0.1) is 0 Å². The second-order valence-corrected chi connectivity index (χ2v) is 11.1. The number of hydrogen-bond donors (Lipinski definition) is 1. The first-order valence-electron chi connectivity index (χ1n) is 14.9. The molecule has 0 amide bonds. The molecule has 0 spiro atoms. The van der Waals surface area contributed by atoms with Crippen molar-refractivity contribution in [2.45, 2.75) is 57.6 Å². The zero-order valence-electron chi connectivity index (χ0n) is 24.1. The van der Waals surface area contributed by atoms with Crippen LogP contribution >= 0.6 is 0 Å². The Hall–Kier alpha value is -3.06. The fourth-order valence-electron chi connectivity index (χ4n) is 5.98. The molecule has 6 nitrogen and oxygen atoms in total. The summed E-state index contributed by atoms with van der Waals surface area (Å²) in [6.45, 7) is 11.0. The van der Waals surface area contributed by atoms with E-state index in [-0.39, 0.29) is 5.92 Å². The van der Waals surface area contributed by atoms with Crippen molar-refractivity contribution in [3.8, 4) is 17.2 Å². The van der Waals surface area contributed by atoms with Crippen molar-refractivity contribution in [1.29, 1.82) is 0 Å². The molecular weight excluding hydrogens is 500 g/mol. The molecule has 2 unspecified atom stereocenters. The molecule has 3 aromatic carbocycles. The van der Waals surface area contributed by atoms with Crippen molar-refractivity contribution < 1.29 is 19.3 Å². The lowest BCUT2D eigenvalue weighted by molar-refractivity contribution is -0.0184. The molecule has 2 aliphatic heterocycles. The highest BCUT2D eigenvalue weighted by molar-refractivity contribution is 5.44. The van der Waals surface area contributed by atoms with Gasteiger partial charge in [0.05, 0.1) is 12.2 Å². The average Bonchev–Trinajstić information content (AvgIpc) is 3.46. The molecule has 0 radical (unpaired) electrons. The molecule has 2 aliphatic rings. The highest BCUT2D eigenvalue weighted by atomic mass is 16.7. The van der Waals surface area contributed by atoms with Gasteiger partial charge in [0.15, 0.2) is 11.5 Å². The van der Waals surface area contributed by atoms with Crippen molar-refractivity contribution in [3.05, 3.63) is 89.5 Å². The average molecular weight is 545 g/mol. The van der Waals surface area contributed by atoms with Gasteiger partial charge in [0.1, 0.15) is 5.75 Å². The van der Waals surface area contributed by atoms with E-state index in [2.05, 4.69) is 78.2 Å². The molecular formula is C34H44N2O4. The van der Waals surface area contributed by atoms with E-state index in [0.29, 0.717) is 13.2 Å². The van der Waals surface area contributed by atoms with Gasteiger partial charge in [-0.3, -0.25) is 4.90 Å². The van der Waals surface area contributed by atoms with E-state index in [1.807, 2.05) is 18.2 Å². The second kappa shape index (κ2) is 13.5. The van der Waals surface area contributed by atoms with Gasteiger partial charge >= 0.3 is 0 Å². The summed E-state index contributed by atoms with van der Waals surface area (Å²) in [5.41, 5.74) is 2.43. The molecule has 0 saturated carbocycles. The number of rotatable bonds is 13. The molecule has 1 N–H and O–H groups in total. The topological polar surface area (TPSA) is 54.4 Å². The van der Waals surface area contributed by atoms with Crippen LogP contribution in [-0.2, 0) is 12.1 Å². The Labute approximate surface area is 239 Å². The zero-order valence-corrected chi connectivity index (χ0v) is 24.1. The van der Waals surface area contributed by atoms with Crippen LogP contribution in [0.2, 0.25) is 0 Å². The van der Waals surface area contributed by atoms with Gasteiger partial charge in [-0.1, -0.05) is 75.2 Å². The Morgan fingerprint density at radius 3 is 2.30 bits per heavy atom. The lowest BCUT2D eigenvalue weighted by Crippen LogP contribution is -2.49. The third kappa shape index (κ3) is 6.80. The number of hydrogen-bond acceptors (Lipinski definition) is 6. The van der Waals surface area contributed by atoms with Crippen LogP contribution in [0.15, 0.2) is 72.8 Å². The minimum atomic E-state index is -0.971. The number of ether oxygens (including phenoxy) is 3. The van der Waals surface area contributed by atoms with Crippen molar-refractivity contribution in [2.24, 2.45) is 0 Å². The van der Waals surface area contributed by atoms with Gasteiger partial charge in [-0.25, -0.2) is 0 Å². The highest BCUT2D eigenvalue weighted by Crippen LogP contribution is 2.42. The second-order valence-electron chi connectivity index (χ2n) is 11.1. The van der Waals surface area contributed by atoms with Crippen LogP contribution < -0.4 is 14.2 Å². The number of fused-ring (bicyclic) bond motifs is 1. The molecule has 2 atom stereocenters. The normalized spacial score (nSPS) is 17.9. The Kier molecular flexibility index (Phi) is 9.63. The number of piperazine rings is 1. The molecule has 3 aromatic rings. The number of unbranched alkanes of at least 4 members (excludes halogenated alkanes) is 1. The molecule has 0 aromatic heterocycles. The van der Waals surface area contributed by atoms with Crippen LogP contribution in [-0.4, -0.2) is 61.0 Å². The summed E-state index contributed by atoms with van der Waals surface area (Å²) < 4.78 is 16.9. The number of benzene rings is 3. The first-order valence-corrected chi connectivity index (χ1v) is 14.9. The Bertz CT molecular complexity index is 1190. The Morgan fingerprint density at radius 2 is 1.57 bits per heavy atom. The summed E-state index contributed by atoms with van der Waals surface area (Å²) in [5.74, 6) is 2.50. The van der Waals surface area contributed by atoms with Crippen LogP contribution in [0.4, 0.5) is 0 Å². The van der Waals surface area contributed by atoms with Crippen molar-refractivity contribution in [1.82, 2.24) is 9.80 Å². The summed E-state index contributed by atoms with van der Waals surface area (Å²) in [5, 5.41) is 12.5. The fourth-order valence-corrected chi connectivity index (χ4v) is 5.98. The van der Waals surface area contributed by atoms with Crippen LogP contribution in [0, 0.1) is 0 Å². The van der Waals surface area contributed by atoms with Gasteiger partial charge < -0.3 is 24.2 Å². The summed E-state index contributed by atoms with van der Waals surface area (Å²) in [6, 6.07) is 25.0. The minimum Gasteiger partial charge on any atom is -0.494 e. The molecule has 5 rings (SSSR count). The van der Waals surface area contributed by atoms with E-state index >= 15 is 0 Å². The smallest absolute Gasteiger partial charge is 0.231 e.